The summed E-state index contributed by atoms with van der Waals surface area (Å²) in [4.78, 5) is 33.1. The van der Waals surface area contributed by atoms with Crippen LogP contribution in [0.1, 0.15) is 34.1 Å². The Balaban J connectivity index is 4.69. The molecule has 1 N–H and O–H groups in total. The first-order valence-electron chi connectivity index (χ1n) is 5.01. The lowest BCUT2D eigenvalue weighted by Gasteiger charge is -2.20. The highest BCUT2D eigenvalue weighted by Gasteiger charge is 2.30. The molecule has 0 saturated heterocycles. The van der Waals surface area contributed by atoms with E-state index in [1.807, 2.05) is 13.8 Å². The van der Waals surface area contributed by atoms with E-state index in [9.17, 15) is 14.4 Å². The van der Waals surface area contributed by atoms with Crippen molar-refractivity contribution in [3.05, 3.63) is 0 Å². The van der Waals surface area contributed by atoms with Crippen molar-refractivity contribution in [1.29, 1.82) is 0 Å². The van der Waals surface area contributed by atoms with Gasteiger partial charge < -0.3 is 5.11 Å². The Hall–Kier alpha value is -1.19. The molecule has 4 nitrogen and oxygen atoms in total. The first-order chi connectivity index (χ1) is 6.77. The molecule has 2 atom stereocenters. The van der Waals surface area contributed by atoms with Gasteiger partial charge in [0.25, 0.3) is 0 Å². The molecule has 86 valence electrons. The van der Waals surface area contributed by atoms with Crippen LogP contribution in [0.3, 0.4) is 0 Å². The van der Waals surface area contributed by atoms with Crippen molar-refractivity contribution < 1.29 is 19.5 Å². The highest BCUT2D eigenvalue weighted by Crippen LogP contribution is 2.22. The minimum Gasteiger partial charge on any atom is -0.481 e. The molecule has 0 saturated carbocycles. The number of ketones is 2. The number of hydrogen-bond acceptors (Lipinski definition) is 3. The summed E-state index contributed by atoms with van der Waals surface area (Å²) in [6.07, 6.45) is 0.109. The topological polar surface area (TPSA) is 71.4 Å². The third-order valence-electron chi connectivity index (χ3n) is 2.61. The van der Waals surface area contributed by atoms with Gasteiger partial charge in [-0.05, 0) is 26.2 Å². The van der Waals surface area contributed by atoms with Crippen LogP contribution in [0.25, 0.3) is 0 Å². The van der Waals surface area contributed by atoms with Crippen molar-refractivity contribution in [2.24, 2.45) is 17.8 Å². The molecule has 0 fully saturated rings. The third-order valence-corrected chi connectivity index (χ3v) is 2.61. The molecular formula is C11H18O4. The molecule has 15 heavy (non-hydrogen) atoms. The van der Waals surface area contributed by atoms with E-state index in [1.165, 1.54) is 13.8 Å². The number of hydrogen-bond donors (Lipinski definition) is 1. The summed E-state index contributed by atoms with van der Waals surface area (Å²) >= 11 is 0. The Kier molecular flexibility index (Phi) is 5.19. The third kappa shape index (κ3) is 4.23. The summed E-state index contributed by atoms with van der Waals surface area (Å²) in [6.45, 7) is 6.39. The predicted octanol–water partition coefficient (Wildman–Crippen LogP) is 1.53. The van der Waals surface area contributed by atoms with E-state index in [2.05, 4.69) is 0 Å². The van der Waals surface area contributed by atoms with Gasteiger partial charge in [-0.3, -0.25) is 14.4 Å². The molecule has 0 amide bonds. The standard InChI is InChI=1S/C11H18O4/c1-6(2)9(7(3)12)5-10(8(4)13)11(14)15/h6,9-10H,5H2,1-4H3,(H,14,15). The SMILES string of the molecule is CC(=O)C(CC(C(C)=O)C(C)C)C(=O)O. The van der Waals surface area contributed by atoms with Crippen molar-refractivity contribution in [2.75, 3.05) is 0 Å². The zero-order valence-electron chi connectivity index (χ0n) is 9.61. The fourth-order valence-electron chi connectivity index (χ4n) is 1.60. The maximum atomic E-state index is 11.3. The van der Waals surface area contributed by atoms with Crippen LogP contribution in [0.2, 0.25) is 0 Å². The van der Waals surface area contributed by atoms with Gasteiger partial charge in [0.2, 0.25) is 0 Å². The van der Waals surface area contributed by atoms with Gasteiger partial charge in [-0.15, -0.1) is 0 Å². The van der Waals surface area contributed by atoms with Gasteiger partial charge in [-0.25, -0.2) is 0 Å². The van der Waals surface area contributed by atoms with Gasteiger partial charge >= 0.3 is 5.97 Å². The molecule has 0 aromatic rings. The minimum absolute atomic E-state index is 0.0579. The van der Waals surface area contributed by atoms with Crippen LogP contribution in [0.4, 0.5) is 0 Å². The van der Waals surface area contributed by atoms with Gasteiger partial charge in [0.15, 0.2) is 0 Å². The Morgan fingerprint density at radius 3 is 1.73 bits per heavy atom. The second-order valence-corrected chi connectivity index (χ2v) is 4.20. The fourth-order valence-corrected chi connectivity index (χ4v) is 1.60. The van der Waals surface area contributed by atoms with Crippen molar-refractivity contribution in [3.63, 3.8) is 0 Å². The predicted molar refractivity (Wildman–Crippen MR) is 55.4 cm³/mol. The van der Waals surface area contributed by atoms with Crippen molar-refractivity contribution in [1.82, 2.24) is 0 Å². The van der Waals surface area contributed by atoms with Crippen LogP contribution in [-0.4, -0.2) is 22.6 Å². The van der Waals surface area contributed by atoms with Crippen molar-refractivity contribution in [2.45, 2.75) is 34.1 Å². The Morgan fingerprint density at radius 1 is 1.07 bits per heavy atom. The first-order valence-corrected chi connectivity index (χ1v) is 5.01. The van der Waals surface area contributed by atoms with Gasteiger partial charge in [0, 0.05) is 5.92 Å². The number of carbonyl (C=O) groups excluding carboxylic acids is 2. The first kappa shape index (κ1) is 13.8. The Morgan fingerprint density at radius 2 is 1.53 bits per heavy atom. The quantitative estimate of drug-likeness (QED) is 0.680. The fraction of sp³-hybridized carbons (Fsp3) is 0.727. The van der Waals surface area contributed by atoms with E-state index in [1.54, 1.807) is 0 Å². The zero-order valence-corrected chi connectivity index (χ0v) is 9.61. The molecule has 0 heterocycles. The van der Waals surface area contributed by atoms with Crippen LogP contribution >= 0.6 is 0 Å². The smallest absolute Gasteiger partial charge is 0.314 e. The normalized spacial score (nSPS) is 14.7. The molecule has 4 heteroatoms. The van der Waals surface area contributed by atoms with E-state index >= 15 is 0 Å². The summed E-state index contributed by atoms with van der Waals surface area (Å²) in [6, 6.07) is 0. The number of carboxylic acid groups (broad SMARTS) is 1. The molecule has 0 radical (unpaired) electrons. The lowest BCUT2D eigenvalue weighted by Crippen LogP contribution is -2.29. The second kappa shape index (κ2) is 5.63. The van der Waals surface area contributed by atoms with E-state index in [0.29, 0.717) is 0 Å². The number of rotatable bonds is 6. The summed E-state index contributed by atoms with van der Waals surface area (Å²) in [5.41, 5.74) is 0. The van der Waals surface area contributed by atoms with E-state index < -0.39 is 17.7 Å². The number of aliphatic carboxylic acids is 1. The highest BCUT2D eigenvalue weighted by molar-refractivity contribution is 5.97. The number of carbonyl (C=O) groups is 3. The highest BCUT2D eigenvalue weighted by atomic mass is 16.4. The molecule has 0 aromatic heterocycles. The monoisotopic (exact) mass is 214 g/mol. The zero-order chi connectivity index (χ0) is 12.2. The molecule has 0 spiro atoms. The molecule has 2 unspecified atom stereocenters. The summed E-state index contributed by atoms with van der Waals surface area (Å²) in [7, 11) is 0. The minimum atomic E-state index is -1.14. The molecule has 0 aliphatic carbocycles. The number of Topliss-reactive ketones (excluding diaryl/α,β-unsaturated/α-hetero) is 2. The molecule has 0 aromatic carbocycles. The average molecular weight is 214 g/mol. The largest absolute Gasteiger partial charge is 0.481 e. The molecule has 0 aliphatic heterocycles. The van der Waals surface area contributed by atoms with E-state index in [4.69, 9.17) is 5.11 Å². The summed E-state index contributed by atoms with van der Waals surface area (Å²) in [5, 5.41) is 8.82. The Bertz CT molecular complexity index is 254. The van der Waals surface area contributed by atoms with Crippen molar-refractivity contribution in [3.8, 4) is 0 Å². The summed E-state index contributed by atoms with van der Waals surface area (Å²) < 4.78 is 0. The van der Waals surface area contributed by atoms with Gasteiger partial charge in [0.1, 0.15) is 17.5 Å². The lowest BCUT2D eigenvalue weighted by molar-refractivity contribution is -0.146. The van der Waals surface area contributed by atoms with Crippen LogP contribution in [-0.2, 0) is 14.4 Å². The number of carboxylic acids is 1. The van der Waals surface area contributed by atoms with Crippen LogP contribution in [0, 0.1) is 17.8 Å². The van der Waals surface area contributed by atoms with E-state index in [-0.39, 0.29) is 24.0 Å². The summed E-state index contributed by atoms with van der Waals surface area (Å²) in [5.74, 6) is -2.94. The maximum Gasteiger partial charge on any atom is 0.314 e. The van der Waals surface area contributed by atoms with Gasteiger partial charge in [-0.2, -0.15) is 0 Å². The second-order valence-electron chi connectivity index (χ2n) is 4.20. The van der Waals surface area contributed by atoms with Crippen LogP contribution in [0.5, 0.6) is 0 Å². The molecule has 0 rings (SSSR count). The Labute approximate surface area is 89.7 Å². The molecule has 0 aliphatic rings. The lowest BCUT2D eigenvalue weighted by atomic mass is 9.82. The maximum absolute atomic E-state index is 11.3. The van der Waals surface area contributed by atoms with Crippen LogP contribution in [0.15, 0.2) is 0 Å². The average Bonchev–Trinajstić information content (AvgIpc) is 2.01. The molecule has 0 bridgehead atoms. The van der Waals surface area contributed by atoms with E-state index in [0.717, 1.165) is 0 Å². The van der Waals surface area contributed by atoms with Crippen LogP contribution < -0.4 is 0 Å². The van der Waals surface area contributed by atoms with Gasteiger partial charge in [-0.1, -0.05) is 13.8 Å². The van der Waals surface area contributed by atoms with Gasteiger partial charge in [0.05, 0.1) is 0 Å². The van der Waals surface area contributed by atoms with Crippen molar-refractivity contribution >= 4 is 17.5 Å². The molecular weight excluding hydrogens is 196 g/mol.